The van der Waals surface area contributed by atoms with Gasteiger partial charge in [-0.3, -0.25) is 9.59 Å². The zero-order chi connectivity index (χ0) is 20.9. The van der Waals surface area contributed by atoms with Gasteiger partial charge in [-0.05, 0) is 85.1 Å². The maximum atomic E-state index is 12.5. The molecule has 0 saturated heterocycles. The maximum absolute atomic E-state index is 12.5. The Balaban J connectivity index is 2.02. The molecule has 5 nitrogen and oxygen atoms in total. The van der Waals surface area contributed by atoms with Crippen LogP contribution in [0.5, 0.6) is 5.75 Å². The average Bonchev–Trinajstić information content (AvgIpc) is 2.59. The molecule has 0 saturated carbocycles. The predicted molar refractivity (Wildman–Crippen MR) is 116 cm³/mol. The van der Waals surface area contributed by atoms with E-state index < -0.39 is 0 Å². The molecule has 2 N–H and O–H groups in total. The van der Waals surface area contributed by atoms with Crippen LogP contribution in [0.2, 0.25) is 0 Å². The van der Waals surface area contributed by atoms with Gasteiger partial charge in [-0.15, -0.1) is 0 Å². The molecule has 0 aliphatic heterocycles. The lowest BCUT2D eigenvalue weighted by Crippen LogP contribution is -2.40. The first kappa shape index (κ1) is 22.0. The highest BCUT2D eigenvalue weighted by Gasteiger charge is 2.15. The summed E-state index contributed by atoms with van der Waals surface area (Å²) in [5.41, 5.74) is 1.37. The Labute approximate surface area is 175 Å². The normalized spacial score (nSPS) is 11.2. The van der Waals surface area contributed by atoms with E-state index in [4.69, 9.17) is 4.74 Å². The SMILES string of the molecule is CC(C)COc1ccc(C(=O)Nc2ccc(C(=O)NC(C)(C)C)cc2)cc1Br. The molecule has 2 aromatic carbocycles. The maximum Gasteiger partial charge on any atom is 0.255 e. The van der Waals surface area contributed by atoms with Crippen LogP contribution in [-0.2, 0) is 0 Å². The van der Waals surface area contributed by atoms with Gasteiger partial charge in [-0.2, -0.15) is 0 Å². The molecule has 0 atom stereocenters. The molecule has 0 unspecified atom stereocenters. The minimum atomic E-state index is -0.303. The summed E-state index contributed by atoms with van der Waals surface area (Å²) in [6, 6.07) is 12.0. The van der Waals surface area contributed by atoms with Gasteiger partial charge in [0.05, 0.1) is 11.1 Å². The highest BCUT2D eigenvalue weighted by Crippen LogP contribution is 2.27. The lowest BCUT2D eigenvalue weighted by Gasteiger charge is -2.20. The standard InChI is InChI=1S/C22H27BrN2O3/c1-14(2)13-28-19-11-8-16(12-18(19)23)20(26)24-17-9-6-15(7-10-17)21(27)25-22(3,4)5/h6-12,14H,13H2,1-5H3,(H,24,26)(H,25,27). The lowest BCUT2D eigenvalue weighted by molar-refractivity contribution is 0.0919. The molecule has 2 aromatic rings. The van der Waals surface area contributed by atoms with E-state index in [1.165, 1.54) is 0 Å². The van der Waals surface area contributed by atoms with Gasteiger partial charge in [0.2, 0.25) is 0 Å². The largest absolute Gasteiger partial charge is 0.492 e. The summed E-state index contributed by atoms with van der Waals surface area (Å²) in [6.45, 7) is 10.5. The Morgan fingerprint density at radius 2 is 1.61 bits per heavy atom. The van der Waals surface area contributed by atoms with Crippen LogP contribution in [0, 0.1) is 5.92 Å². The molecule has 0 aromatic heterocycles. The molecule has 2 amide bonds. The molecular weight excluding hydrogens is 420 g/mol. The molecule has 6 heteroatoms. The van der Waals surface area contributed by atoms with E-state index >= 15 is 0 Å². The van der Waals surface area contributed by atoms with Crippen LogP contribution in [0.4, 0.5) is 5.69 Å². The Morgan fingerprint density at radius 3 is 2.14 bits per heavy atom. The van der Waals surface area contributed by atoms with E-state index in [-0.39, 0.29) is 17.4 Å². The van der Waals surface area contributed by atoms with Crippen molar-refractivity contribution in [3.63, 3.8) is 0 Å². The molecule has 0 fully saturated rings. The van der Waals surface area contributed by atoms with Crippen LogP contribution in [0.25, 0.3) is 0 Å². The van der Waals surface area contributed by atoms with Crippen LogP contribution >= 0.6 is 15.9 Å². The average molecular weight is 447 g/mol. The monoisotopic (exact) mass is 446 g/mol. The Morgan fingerprint density at radius 1 is 1.00 bits per heavy atom. The number of nitrogens with one attached hydrogen (secondary N) is 2. The first-order valence-electron chi connectivity index (χ1n) is 9.21. The van der Waals surface area contributed by atoms with Gasteiger partial charge in [-0.1, -0.05) is 13.8 Å². The molecule has 0 bridgehead atoms. The van der Waals surface area contributed by atoms with Crippen LogP contribution in [0.15, 0.2) is 46.9 Å². The van der Waals surface area contributed by atoms with Crippen LogP contribution < -0.4 is 15.4 Å². The fourth-order valence-electron chi connectivity index (χ4n) is 2.34. The van der Waals surface area contributed by atoms with Crippen LogP contribution in [0.1, 0.15) is 55.3 Å². The molecule has 0 aliphatic carbocycles. The van der Waals surface area contributed by atoms with Crippen molar-refractivity contribution in [3.8, 4) is 5.75 Å². The summed E-state index contributed by atoms with van der Waals surface area (Å²) in [4.78, 5) is 24.7. The van der Waals surface area contributed by atoms with E-state index in [9.17, 15) is 9.59 Å². The summed E-state index contributed by atoms with van der Waals surface area (Å²) in [7, 11) is 0. The van der Waals surface area contributed by atoms with Crippen molar-refractivity contribution in [3.05, 3.63) is 58.1 Å². The van der Waals surface area contributed by atoms with Crippen LogP contribution in [0.3, 0.4) is 0 Å². The number of rotatable bonds is 6. The highest BCUT2D eigenvalue weighted by atomic mass is 79.9. The van der Waals surface area contributed by atoms with Crippen molar-refractivity contribution in [1.82, 2.24) is 5.32 Å². The number of carbonyl (C=O) groups is 2. The fourth-order valence-corrected chi connectivity index (χ4v) is 2.83. The third-order valence-electron chi connectivity index (χ3n) is 3.66. The van der Waals surface area contributed by atoms with Gasteiger partial charge >= 0.3 is 0 Å². The van der Waals surface area contributed by atoms with Gasteiger partial charge in [0.1, 0.15) is 5.75 Å². The number of carbonyl (C=O) groups excluding carboxylic acids is 2. The molecule has 2 rings (SSSR count). The predicted octanol–water partition coefficient (Wildman–Crippen LogP) is 5.26. The van der Waals surface area contributed by atoms with Crippen molar-refractivity contribution in [2.24, 2.45) is 5.92 Å². The van der Waals surface area contributed by atoms with Gasteiger partial charge in [-0.25, -0.2) is 0 Å². The minimum Gasteiger partial charge on any atom is -0.492 e. The summed E-state index contributed by atoms with van der Waals surface area (Å²) in [6.07, 6.45) is 0. The fraction of sp³-hybridized carbons (Fsp3) is 0.364. The number of ether oxygens (including phenoxy) is 1. The molecular formula is C22H27BrN2O3. The number of anilines is 1. The van der Waals surface area contributed by atoms with E-state index in [0.29, 0.717) is 35.1 Å². The number of hydrogen-bond donors (Lipinski definition) is 2. The Bertz CT molecular complexity index is 840. The number of benzene rings is 2. The van der Waals surface area contributed by atoms with Gasteiger partial charge in [0, 0.05) is 22.4 Å². The molecule has 0 aliphatic rings. The zero-order valence-electron chi connectivity index (χ0n) is 16.9. The quantitative estimate of drug-likeness (QED) is 0.635. The van der Waals surface area contributed by atoms with Gasteiger partial charge in [0.15, 0.2) is 0 Å². The Hall–Kier alpha value is -2.34. The van der Waals surface area contributed by atoms with Crippen molar-refractivity contribution in [1.29, 1.82) is 0 Å². The minimum absolute atomic E-state index is 0.147. The van der Waals surface area contributed by atoms with Crippen molar-refractivity contribution < 1.29 is 14.3 Å². The third kappa shape index (κ3) is 6.68. The lowest BCUT2D eigenvalue weighted by atomic mass is 10.1. The summed E-state index contributed by atoms with van der Waals surface area (Å²) < 4.78 is 6.44. The molecule has 28 heavy (non-hydrogen) atoms. The van der Waals surface area contributed by atoms with Crippen molar-refractivity contribution in [2.75, 3.05) is 11.9 Å². The second kappa shape index (κ2) is 9.24. The van der Waals surface area contributed by atoms with E-state index in [2.05, 4.69) is 40.4 Å². The van der Waals surface area contributed by atoms with Crippen molar-refractivity contribution in [2.45, 2.75) is 40.2 Å². The molecule has 0 radical (unpaired) electrons. The first-order valence-corrected chi connectivity index (χ1v) is 10.0. The second-order valence-corrected chi connectivity index (χ2v) is 8.94. The highest BCUT2D eigenvalue weighted by molar-refractivity contribution is 9.10. The smallest absolute Gasteiger partial charge is 0.255 e. The van der Waals surface area contributed by atoms with E-state index in [0.717, 1.165) is 4.47 Å². The summed E-state index contributed by atoms with van der Waals surface area (Å²) in [5, 5.41) is 5.74. The van der Waals surface area contributed by atoms with Gasteiger partial charge < -0.3 is 15.4 Å². The number of halogens is 1. The van der Waals surface area contributed by atoms with Crippen LogP contribution in [-0.4, -0.2) is 24.0 Å². The summed E-state index contributed by atoms with van der Waals surface area (Å²) in [5.74, 6) is 0.747. The molecule has 150 valence electrons. The number of amides is 2. The number of hydrogen-bond acceptors (Lipinski definition) is 3. The van der Waals surface area contributed by atoms with Crippen molar-refractivity contribution >= 4 is 33.4 Å². The molecule has 0 spiro atoms. The Kier molecular flexibility index (Phi) is 7.24. The first-order chi connectivity index (χ1) is 13.0. The summed E-state index contributed by atoms with van der Waals surface area (Å²) >= 11 is 3.45. The second-order valence-electron chi connectivity index (χ2n) is 8.09. The van der Waals surface area contributed by atoms with E-state index in [1.807, 2.05) is 20.8 Å². The molecule has 0 heterocycles. The van der Waals surface area contributed by atoms with E-state index in [1.54, 1.807) is 42.5 Å². The third-order valence-corrected chi connectivity index (χ3v) is 4.28. The zero-order valence-corrected chi connectivity index (χ0v) is 18.5. The van der Waals surface area contributed by atoms with Gasteiger partial charge in [0.25, 0.3) is 11.8 Å². The topological polar surface area (TPSA) is 67.4 Å².